The molecule has 1 atom stereocenters. The molecule has 1 N–H and O–H groups in total. The van der Waals surface area contributed by atoms with Crippen molar-refractivity contribution in [2.75, 3.05) is 10.7 Å². The Morgan fingerprint density at radius 1 is 1.17 bits per heavy atom. The maximum absolute atomic E-state index is 12.6. The number of anilines is 1. The molecule has 0 unspecified atom stereocenters. The number of carbonyl (C=O) groups is 2. The second kappa shape index (κ2) is 8.49. The first kappa shape index (κ1) is 19.8. The van der Waals surface area contributed by atoms with Crippen LogP contribution in [0.5, 0.6) is 0 Å². The number of hydrogen-bond donors (Lipinski definition) is 1. The molecule has 1 aliphatic heterocycles. The Bertz CT molecular complexity index is 1080. The van der Waals surface area contributed by atoms with E-state index in [1.165, 1.54) is 0 Å². The van der Waals surface area contributed by atoms with Crippen molar-refractivity contribution in [1.82, 2.24) is 5.32 Å². The Labute approximate surface area is 179 Å². The molecule has 3 aromatic rings. The summed E-state index contributed by atoms with van der Waals surface area (Å²) in [6.07, 6.45) is 0. The van der Waals surface area contributed by atoms with Crippen molar-refractivity contribution >= 4 is 51.2 Å². The van der Waals surface area contributed by atoms with Gasteiger partial charge >= 0.3 is 0 Å². The highest BCUT2D eigenvalue weighted by atomic mass is 35.5. The van der Waals surface area contributed by atoms with Crippen LogP contribution in [0.1, 0.15) is 20.8 Å². The van der Waals surface area contributed by atoms with Gasteiger partial charge < -0.3 is 10.2 Å². The summed E-state index contributed by atoms with van der Waals surface area (Å²) in [6, 6.07) is 16.1. The topological polar surface area (TPSA) is 66.5 Å². The zero-order chi connectivity index (χ0) is 20.4. The molecule has 0 bridgehead atoms. The lowest BCUT2D eigenvalue weighted by Crippen LogP contribution is -2.38. The van der Waals surface area contributed by atoms with E-state index in [0.29, 0.717) is 34.3 Å². The van der Waals surface area contributed by atoms with E-state index in [4.69, 9.17) is 11.6 Å². The summed E-state index contributed by atoms with van der Waals surface area (Å²) >= 11 is 7.51. The number of nitrogens with one attached hydrogen (secondary N) is 1. The second-order valence-electron chi connectivity index (χ2n) is 6.54. The van der Waals surface area contributed by atoms with Gasteiger partial charge in [0.15, 0.2) is 0 Å². The van der Waals surface area contributed by atoms with Crippen molar-refractivity contribution in [1.29, 1.82) is 0 Å². The van der Waals surface area contributed by atoms with Crippen molar-refractivity contribution in [3.05, 3.63) is 81.0 Å². The van der Waals surface area contributed by atoms with Crippen LogP contribution >= 0.6 is 22.9 Å². The molecule has 29 heavy (non-hydrogen) atoms. The minimum atomic E-state index is -1.42. The minimum absolute atomic E-state index is 0.0650. The average molecular weight is 445 g/mol. The maximum Gasteiger partial charge on any atom is 0.251 e. The Kier molecular flexibility index (Phi) is 5.80. The van der Waals surface area contributed by atoms with E-state index < -0.39 is 10.8 Å². The lowest BCUT2D eigenvalue weighted by molar-refractivity contribution is -0.116. The fourth-order valence-electron chi connectivity index (χ4n) is 3.09. The molecule has 0 aliphatic carbocycles. The van der Waals surface area contributed by atoms with Gasteiger partial charge in [0.1, 0.15) is 5.75 Å². The Hall–Kier alpha value is -2.48. The predicted molar refractivity (Wildman–Crippen MR) is 116 cm³/mol. The normalized spacial score (nSPS) is 15.8. The standard InChI is InChI=1S/C21H17ClN2O3S2/c22-16-6-3-14(4-7-16)12-24-18-10-15(5-8-19(18)29(27)13-20(24)25)21(26)23-11-17-2-1-9-28-17/h1-10H,11-13H2,(H,23,26)/t29-/m0/s1. The Morgan fingerprint density at radius 2 is 1.97 bits per heavy atom. The smallest absolute Gasteiger partial charge is 0.251 e. The van der Waals surface area contributed by atoms with Crippen LogP contribution in [0, 0.1) is 0 Å². The van der Waals surface area contributed by atoms with Crippen molar-refractivity contribution in [2.24, 2.45) is 0 Å². The van der Waals surface area contributed by atoms with Crippen molar-refractivity contribution in [2.45, 2.75) is 18.0 Å². The van der Waals surface area contributed by atoms with E-state index in [2.05, 4.69) is 5.32 Å². The first-order chi connectivity index (χ1) is 14.0. The van der Waals surface area contributed by atoms with Crippen LogP contribution in [0.4, 0.5) is 5.69 Å². The molecule has 1 aromatic heterocycles. The second-order valence-corrected chi connectivity index (χ2v) is 9.43. The van der Waals surface area contributed by atoms with E-state index in [1.807, 2.05) is 29.6 Å². The van der Waals surface area contributed by atoms with Gasteiger partial charge in [-0.1, -0.05) is 29.8 Å². The molecular formula is C21H17ClN2O3S2. The highest BCUT2D eigenvalue weighted by Gasteiger charge is 2.30. The fourth-order valence-corrected chi connectivity index (χ4v) is 5.02. The quantitative estimate of drug-likeness (QED) is 0.647. The Morgan fingerprint density at radius 3 is 2.69 bits per heavy atom. The van der Waals surface area contributed by atoms with Crippen LogP contribution in [-0.4, -0.2) is 21.8 Å². The number of hydrogen-bond acceptors (Lipinski definition) is 4. The van der Waals surface area contributed by atoms with E-state index in [1.54, 1.807) is 46.6 Å². The highest BCUT2D eigenvalue weighted by molar-refractivity contribution is 7.86. The number of nitrogens with zero attached hydrogens (tertiary/aromatic N) is 1. The molecule has 148 valence electrons. The summed E-state index contributed by atoms with van der Waals surface area (Å²) in [5, 5.41) is 5.45. The summed E-state index contributed by atoms with van der Waals surface area (Å²) in [7, 11) is -1.42. The van der Waals surface area contributed by atoms with Gasteiger partial charge in [0.05, 0.1) is 34.5 Å². The van der Waals surface area contributed by atoms with E-state index >= 15 is 0 Å². The van der Waals surface area contributed by atoms with Gasteiger partial charge in [0.2, 0.25) is 5.91 Å². The molecule has 2 heterocycles. The van der Waals surface area contributed by atoms with E-state index in [0.717, 1.165) is 10.4 Å². The van der Waals surface area contributed by atoms with Crippen molar-refractivity contribution < 1.29 is 13.8 Å². The first-order valence-corrected chi connectivity index (χ1v) is 11.5. The first-order valence-electron chi connectivity index (χ1n) is 8.89. The van der Waals surface area contributed by atoms with Crippen LogP contribution in [-0.2, 0) is 28.7 Å². The molecule has 0 spiro atoms. The molecule has 0 fully saturated rings. The van der Waals surface area contributed by atoms with Gasteiger partial charge in [-0.25, -0.2) is 0 Å². The van der Waals surface area contributed by atoms with Crippen LogP contribution in [0.3, 0.4) is 0 Å². The summed E-state index contributed by atoms with van der Waals surface area (Å²) < 4.78 is 12.4. The number of benzene rings is 2. The predicted octanol–water partition coefficient (Wildman–Crippen LogP) is 3.99. The number of carbonyl (C=O) groups excluding carboxylic acids is 2. The molecule has 4 rings (SSSR count). The molecule has 2 amide bonds. The van der Waals surface area contributed by atoms with Crippen LogP contribution in [0.15, 0.2) is 64.9 Å². The molecule has 8 heteroatoms. The molecule has 0 radical (unpaired) electrons. The highest BCUT2D eigenvalue weighted by Crippen LogP contribution is 2.31. The maximum atomic E-state index is 12.6. The van der Waals surface area contributed by atoms with E-state index in [9.17, 15) is 13.8 Å². The van der Waals surface area contributed by atoms with Crippen LogP contribution < -0.4 is 10.2 Å². The van der Waals surface area contributed by atoms with Gasteiger partial charge in [-0.05, 0) is 47.3 Å². The van der Waals surface area contributed by atoms with E-state index in [-0.39, 0.29) is 17.6 Å². The van der Waals surface area contributed by atoms with Gasteiger partial charge in [-0.3, -0.25) is 13.8 Å². The van der Waals surface area contributed by atoms with Crippen LogP contribution in [0.25, 0.3) is 0 Å². The average Bonchev–Trinajstić information content (AvgIpc) is 3.24. The van der Waals surface area contributed by atoms with Gasteiger partial charge in [0.25, 0.3) is 5.91 Å². The number of amides is 2. The lowest BCUT2D eigenvalue weighted by atomic mass is 10.1. The summed E-state index contributed by atoms with van der Waals surface area (Å²) in [5.41, 5.74) is 1.83. The number of halogens is 1. The molecule has 2 aromatic carbocycles. The summed E-state index contributed by atoms with van der Waals surface area (Å²) in [5.74, 6) is -0.539. The Balaban J connectivity index is 1.61. The molecular weight excluding hydrogens is 428 g/mol. The molecule has 0 saturated heterocycles. The third-order valence-corrected chi connectivity index (χ3v) is 7.04. The fraction of sp³-hybridized carbons (Fsp3) is 0.143. The third kappa shape index (κ3) is 4.42. The SMILES string of the molecule is O=C(NCc1cccs1)c1ccc2c(c1)N(Cc1ccc(Cl)cc1)C(=O)C[S@@]2=O. The van der Waals surface area contributed by atoms with Crippen LogP contribution in [0.2, 0.25) is 5.02 Å². The number of rotatable bonds is 5. The zero-order valence-corrected chi connectivity index (χ0v) is 17.7. The van der Waals surface area contributed by atoms with Gasteiger partial charge in [0, 0.05) is 15.5 Å². The lowest BCUT2D eigenvalue weighted by Gasteiger charge is -2.29. The summed E-state index contributed by atoms with van der Waals surface area (Å²) in [6.45, 7) is 0.757. The monoisotopic (exact) mass is 444 g/mol. The third-order valence-electron chi connectivity index (χ3n) is 4.57. The minimum Gasteiger partial charge on any atom is -0.347 e. The van der Waals surface area contributed by atoms with Gasteiger partial charge in [-0.2, -0.15) is 0 Å². The van der Waals surface area contributed by atoms with Gasteiger partial charge in [-0.15, -0.1) is 11.3 Å². The molecule has 0 saturated carbocycles. The number of fused-ring (bicyclic) bond motifs is 1. The molecule has 1 aliphatic rings. The van der Waals surface area contributed by atoms with Crippen molar-refractivity contribution in [3.63, 3.8) is 0 Å². The number of thiophene rings is 1. The summed E-state index contributed by atoms with van der Waals surface area (Å²) in [4.78, 5) is 28.4. The zero-order valence-electron chi connectivity index (χ0n) is 15.3. The van der Waals surface area contributed by atoms with Crippen molar-refractivity contribution in [3.8, 4) is 0 Å². The molecule has 5 nitrogen and oxygen atoms in total. The largest absolute Gasteiger partial charge is 0.347 e.